The van der Waals surface area contributed by atoms with E-state index in [-0.39, 0.29) is 5.91 Å². The summed E-state index contributed by atoms with van der Waals surface area (Å²) in [5, 5.41) is 0.811. The molecule has 0 N–H and O–H groups in total. The fraction of sp³-hybridized carbons (Fsp3) is 0.333. The molecule has 1 fully saturated rings. The number of fused-ring (bicyclic) bond motifs is 1. The number of carbonyl (C=O) groups excluding carboxylic acids is 1. The molecule has 1 aromatic carbocycles. The van der Waals surface area contributed by atoms with Gasteiger partial charge in [-0.1, -0.05) is 19.1 Å². The molecule has 4 rings (SSSR count). The Morgan fingerprint density at radius 3 is 2.71 bits per heavy atom. The van der Waals surface area contributed by atoms with Gasteiger partial charge >= 0.3 is 0 Å². The van der Waals surface area contributed by atoms with Crippen molar-refractivity contribution in [3.63, 3.8) is 0 Å². The number of rotatable bonds is 3. The molecule has 1 aliphatic rings. The van der Waals surface area contributed by atoms with E-state index >= 15 is 0 Å². The lowest BCUT2D eigenvalue weighted by molar-refractivity contribution is 0.0613. The molecule has 0 atom stereocenters. The second kappa shape index (κ2) is 6.37. The lowest BCUT2D eigenvalue weighted by Gasteiger charge is -2.33. The van der Waals surface area contributed by atoms with Crippen molar-refractivity contribution in [1.82, 2.24) is 14.8 Å². The van der Waals surface area contributed by atoms with E-state index in [0.29, 0.717) is 11.5 Å². The molecule has 3 heterocycles. The van der Waals surface area contributed by atoms with Gasteiger partial charge in [-0.3, -0.25) is 4.79 Å². The average molecular weight is 341 g/mol. The Morgan fingerprint density at radius 1 is 1.17 bits per heavy atom. The summed E-state index contributed by atoms with van der Waals surface area (Å²) < 4.78 is 6.93. The lowest BCUT2D eigenvalue weighted by atomic mass is 10.3. The summed E-state index contributed by atoms with van der Waals surface area (Å²) in [6.45, 7) is 6.54. The molecule has 124 valence electrons. The van der Waals surface area contributed by atoms with Crippen LogP contribution in [0, 0.1) is 0 Å². The third-order valence-electron chi connectivity index (χ3n) is 4.43. The summed E-state index contributed by atoms with van der Waals surface area (Å²) in [6.07, 6.45) is 0. The number of benzene rings is 1. The second-order valence-electron chi connectivity index (χ2n) is 5.88. The van der Waals surface area contributed by atoms with E-state index in [1.807, 2.05) is 35.2 Å². The van der Waals surface area contributed by atoms with E-state index in [9.17, 15) is 4.79 Å². The first-order valence-electron chi connectivity index (χ1n) is 8.22. The van der Waals surface area contributed by atoms with Crippen molar-refractivity contribution in [2.45, 2.75) is 6.92 Å². The summed E-state index contributed by atoms with van der Waals surface area (Å²) in [5.74, 6) is 1.03. The van der Waals surface area contributed by atoms with Gasteiger partial charge in [0.15, 0.2) is 16.5 Å². The first-order chi connectivity index (χ1) is 11.7. The first-order valence-corrected chi connectivity index (χ1v) is 9.03. The highest BCUT2D eigenvalue weighted by Gasteiger charge is 2.24. The van der Waals surface area contributed by atoms with Crippen molar-refractivity contribution in [1.29, 1.82) is 0 Å². The van der Waals surface area contributed by atoms with Gasteiger partial charge in [0, 0.05) is 26.2 Å². The topological polar surface area (TPSA) is 49.6 Å². The maximum atomic E-state index is 12.6. The molecule has 0 radical (unpaired) electrons. The highest BCUT2D eigenvalue weighted by Crippen LogP contribution is 2.31. The Kier molecular flexibility index (Phi) is 4.08. The van der Waals surface area contributed by atoms with Crippen LogP contribution in [0.2, 0.25) is 0 Å². The van der Waals surface area contributed by atoms with Gasteiger partial charge in [-0.15, -0.1) is 11.3 Å². The van der Waals surface area contributed by atoms with E-state index in [0.717, 1.165) is 47.9 Å². The highest BCUT2D eigenvalue weighted by atomic mass is 32.1. The SMILES string of the molecule is CCN1CCN(C(=O)c2ccc(-c3nc4ccccc4s3)o2)CC1. The van der Waals surface area contributed by atoms with Crippen LogP contribution in [0.1, 0.15) is 17.5 Å². The second-order valence-corrected chi connectivity index (χ2v) is 6.91. The van der Waals surface area contributed by atoms with Gasteiger partial charge < -0.3 is 14.2 Å². The molecule has 24 heavy (non-hydrogen) atoms. The fourth-order valence-electron chi connectivity index (χ4n) is 2.97. The molecule has 0 unspecified atom stereocenters. The predicted octanol–water partition coefficient (Wildman–Crippen LogP) is 3.33. The molecule has 3 aromatic rings. The fourth-order valence-corrected chi connectivity index (χ4v) is 3.90. The van der Waals surface area contributed by atoms with Crippen molar-refractivity contribution < 1.29 is 9.21 Å². The van der Waals surface area contributed by atoms with Crippen LogP contribution in [0.25, 0.3) is 21.0 Å². The summed E-state index contributed by atoms with van der Waals surface area (Å²) in [4.78, 5) is 21.4. The van der Waals surface area contributed by atoms with Gasteiger partial charge in [-0.05, 0) is 30.8 Å². The minimum Gasteiger partial charge on any atom is -0.448 e. The Morgan fingerprint density at radius 2 is 1.96 bits per heavy atom. The number of aromatic nitrogens is 1. The normalized spacial score (nSPS) is 16.0. The van der Waals surface area contributed by atoms with E-state index in [1.165, 1.54) is 0 Å². The first kappa shape index (κ1) is 15.4. The van der Waals surface area contributed by atoms with E-state index in [1.54, 1.807) is 17.4 Å². The van der Waals surface area contributed by atoms with Crippen molar-refractivity contribution in [2.75, 3.05) is 32.7 Å². The van der Waals surface area contributed by atoms with Crippen LogP contribution in [0.3, 0.4) is 0 Å². The molecule has 5 nitrogen and oxygen atoms in total. The number of hydrogen-bond donors (Lipinski definition) is 0. The van der Waals surface area contributed by atoms with Crippen molar-refractivity contribution >= 4 is 27.5 Å². The van der Waals surface area contributed by atoms with Crippen LogP contribution in [0.4, 0.5) is 0 Å². The number of furan rings is 1. The van der Waals surface area contributed by atoms with Gasteiger partial charge in [0.25, 0.3) is 5.91 Å². The van der Waals surface area contributed by atoms with Crippen LogP contribution < -0.4 is 0 Å². The zero-order valence-electron chi connectivity index (χ0n) is 13.6. The Hall–Kier alpha value is -2.18. The number of amides is 1. The molecule has 1 saturated heterocycles. The van der Waals surface area contributed by atoms with Gasteiger partial charge in [0.2, 0.25) is 0 Å². The summed E-state index contributed by atoms with van der Waals surface area (Å²) in [5.41, 5.74) is 0.956. The lowest BCUT2D eigenvalue weighted by Crippen LogP contribution is -2.48. The minimum atomic E-state index is -0.0295. The largest absolute Gasteiger partial charge is 0.448 e. The standard InChI is InChI=1S/C18H19N3O2S/c1-2-20-9-11-21(12-10-20)18(22)15-8-7-14(23-15)17-19-13-5-3-4-6-16(13)24-17/h3-8H,2,9-12H2,1H3. The maximum absolute atomic E-state index is 12.6. The van der Waals surface area contributed by atoms with Crippen LogP contribution in [0.5, 0.6) is 0 Å². The van der Waals surface area contributed by atoms with Crippen molar-refractivity contribution in [3.8, 4) is 10.8 Å². The van der Waals surface area contributed by atoms with Crippen LogP contribution >= 0.6 is 11.3 Å². The van der Waals surface area contributed by atoms with Gasteiger partial charge in [-0.25, -0.2) is 4.98 Å². The van der Waals surface area contributed by atoms with E-state index in [4.69, 9.17) is 4.42 Å². The van der Waals surface area contributed by atoms with Crippen molar-refractivity contribution in [2.24, 2.45) is 0 Å². The predicted molar refractivity (Wildman–Crippen MR) is 95.3 cm³/mol. The molecular weight excluding hydrogens is 322 g/mol. The van der Waals surface area contributed by atoms with Crippen molar-refractivity contribution in [3.05, 3.63) is 42.2 Å². The number of para-hydroxylation sites is 1. The third kappa shape index (κ3) is 2.83. The monoisotopic (exact) mass is 341 g/mol. The number of nitrogens with zero attached hydrogens (tertiary/aromatic N) is 3. The summed E-state index contributed by atoms with van der Waals surface area (Å²) >= 11 is 1.58. The Labute approximate surface area is 144 Å². The number of thiazole rings is 1. The Balaban J connectivity index is 1.53. The van der Waals surface area contributed by atoms with E-state index in [2.05, 4.69) is 16.8 Å². The molecule has 0 bridgehead atoms. The zero-order chi connectivity index (χ0) is 16.5. The zero-order valence-corrected chi connectivity index (χ0v) is 14.4. The molecule has 6 heteroatoms. The number of hydrogen-bond acceptors (Lipinski definition) is 5. The average Bonchev–Trinajstić information content (AvgIpc) is 3.27. The maximum Gasteiger partial charge on any atom is 0.289 e. The van der Waals surface area contributed by atoms with Crippen LogP contribution in [-0.4, -0.2) is 53.4 Å². The Bertz CT molecular complexity index is 829. The molecule has 1 aliphatic heterocycles. The summed E-state index contributed by atoms with van der Waals surface area (Å²) in [7, 11) is 0. The third-order valence-corrected chi connectivity index (χ3v) is 5.48. The number of carbonyl (C=O) groups is 1. The highest BCUT2D eigenvalue weighted by molar-refractivity contribution is 7.21. The molecule has 0 aliphatic carbocycles. The molecule has 2 aromatic heterocycles. The number of piperazine rings is 1. The van der Waals surface area contributed by atoms with Crippen LogP contribution in [-0.2, 0) is 0 Å². The van der Waals surface area contributed by atoms with Gasteiger partial charge in [0.05, 0.1) is 10.2 Å². The van der Waals surface area contributed by atoms with Gasteiger partial charge in [-0.2, -0.15) is 0 Å². The van der Waals surface area contributed by atoms with E-state index < -0.39 is 0 Å². The van der Waals surface area contributed by atoms with Gasteiger partial charge in [0.1, 0.15) is 0 Å². The quantitative estimate of drug-likeness (QED) is 0.733. The molecular formula is C18H19N3O2S. The molecule has 1 amide bonds. The minimum absolute atomic E-state index is 0.0295. The molecule has 0 saturated carbocycles. The summed E-state index contributed by atoms with van der Waals surface area (Å²) in [6, 6.07) is 11.6. The smallest absolute Gasteiger partial charge is 0.289 e. The van der Waals surface area contributed by atoms with Crippen LogP contribution in [0.15, 0.2) is 40.8 Å². The molecule has 0 spiro atoms. The number of likely N-dealkylation sites (N-methyl/N-ethyl adjacent to an activating group) is 1.